The van der Waals surface area contributed by atoms with Gasteiger partial charge in [-0.05, 0) is 37.1 Å². The van der Waals surface area contributed by atoms with Gasteiger partial charge in [-0.3, -0.25) is 9.69 Å². The summed E-state index contributed by atoms with van der Waals surface area (Å²) in [4.78, 5) is 20.6. The van der Waals surface area contributed by atoms with Crippen molar-refractivity contribution in [2.24, 2.45) is 5.92 Å². The third-order valence-corrected chi connectivity index (χ3v) is 6.79. The Morgan fingerprint density at radius 1 is 1.29 bits per heavy atom. The normalized spacial score (nSPS) is 16.3. The molecule has 1 aliphatic rings. The van der Waals surface area contributed by atoms with Gasteiger partial charge in [0.2, 0.25) is 0 Å². The Morgan fingerprint density at radius 2 is 2.00 bits per heavy atom. The Morgan fingerprint density at radius 3 is 2.61 bits per heavy atom. The van der Waals surface area contributed by atoms with Gasteiger partial charge >= 0.3 is 0 Å². The molecule has 1 N–H and O–H groups in total. The highest BCUT2D eigenvalue weighted by atomic mass is 32.2. The molecule has 0 unspecified atom stereocenters. The second-order valence-corrected chi connectivity index (χ2v) is 9.45. The molecule has 2 aromatic rings. The number of carbonyl (C=O) groups is 1. The minimum atomic E-state index is -0.00872. The zero-order valence-electron chi connectivity index (χ0n) is 16.8. The molecular formula is C21H29N3O2S2. The molecule has 0 aliphatic carbocycles. The number of benzene rings is 1. The highest BCUT2D eigenvalue weighted by molar-refractivity contribution is 7.98. The predicted octanol–water partition coefficient (Wildman–Crippen LogP) is 3.83. The molecule has 0 saturated carbocycles. The van der Waals surface area contributed by atoms with Crippen LogP contribution in [0.1, 0.15) is 34.9 Å². The Kier molecular flexibility index (Phi) is 7.91. The molecule has 7 heteroatoms. The molecule has 0 radical (unpaired) electrons. The first-order chi connectivity index (χ1) is 13.5. The number of nitrogens with one attached hydrogen (secondary N) is 1. The van der Waals surface area contributed by atoms with Crippen molar-refractivity contribution in [3.63, 3.8) is 0 Å². The summed E-state index contributed by atoms with van der Waals surface area (Å²) >= 11 is 3.42. The Balaban J connectivity index is 1.50. The monoisotopic (exact) mass is 419 g/mol. The van der Waals surface area contributed by atoms with Gasteiger partial charge in [0.25, 0.3) is 5.91 Å². The Labute approximate surface area is 175 Å². The summed E-state index contributed by atoms with van der Waals surface area (Å²) in [7, 11) is 0. The molecule has 1 aromatic heterocycles. The molecule has 152 valence electrons. The van der Waals surface area contributed by atoms with Gasteiger partial charge < -0.3 is 10.1 Å². The van der Waals surface area contributed by atoms with Gasteiger partial charge in [-0.2, -0.15) is 0 Å². The molecule has 1 aromatic carbocycles. The van der Waals surface area contributed by atoms with E-state index in [1.807, 2.05) is 31.2 Å². The van der Waals surface area contributed by atoms with Crippen LogP contribution in [0.15, 0.2) is 34.5 Å². The highest BCUT2D eigenvalue weighted by Gasteiger charge is 2.24. The lowest BCUT2D eigenvalue weighted by molar-refractivity contribution is 0.00673. The number of carbonyl (C=O) groups excluding carboxylic acids is 1. The number of nitrogens with zero attached hydrogens (tertiary/aromatic N) is 2. The van der Waals surface area contributed by atoms with Crippen LogP contribution in [-0.4, -0.2) is 54.7 Å². The third-order valence-electron chi connectivity index (χ3n) is 4.93. The fraction of sp³-hybridized carbons (Fsp3) is 0.524. The van der Waals surface area contributed by atoms with E-state index in [2.05, 4.69) is 34.4 Å². The first kappa shape index (κ1) is 21.3. The van der Waals surface area contributed by atoms with E-state index in [9.17, 15) is 4.79 Å². The molecule has 2 heterocycles. The summed E-state index contributed by atoms with van der Waals surface area (Å²) in [6.07, 6.45) is 0. The summed E-state index contributed by atoms with van der Waals surface area (Å²) in [5, 5.41) is 6.32. The van der Waals surface area contributed by atoms with Gasteiger partial charge in [-0.1, -0.05) is 13.8 Å². The van der Waals surface area contributed by atoms with E-state index in [1.54, 1.807) is 23.1 Å². The third kappa shape index (κ3) is 6.04. The van der Waals surface area contributed by atoms with E-state index in [1.165, 1.54) is 0 Å². The minimum absolute atomic E-state index is 0.00872. The van der Waals surface area contributed by atoms with Crippen LogP contribution in [0.4, 0.5) is 0 Å². The summed E-state index contributed by atoms with van der Waals surface area (Å²) in [6.45, 7) is 10.5. The van der Waals surface area contributed by atoms with Crippen LogP contribution in [0, 0.1) is 12.8 Å². The maximum Gasteiger partial charge on any atom is 0.251 e. The second kappa shape index (κ2) is 10.4. The van der Waals surface area contributed by atoms with Crippen molar-refractivity contribution in [1.29, 1.82) is 0 Å². The van der Waals surface area contributed by atoms with Crippen molar-refractivity contribution in [3.8, 4) is 0 Å². The largest absolute Gasteiger partial charge is 0.379 e. The van der Waals surface area contributed by atoms with Gasteiger partial charge in [-0.25, -0.2) is 4.98 Å². The van der Waals surface area contributed by atoms with E-state index in [0.29, 0.717) is 24.1 Å². The number of aromatic nitrogens is 1. The number of aryl methyl sites for hydroxylation is 1. The Hall–Kier alpha value is -1.41. The zero-order chi connectivity index (χ0) is 19.9. The minimum Gasteiger partial charge on any atom is -0.379 e. The van der Waals surface area contributed by atoms with Gasteiger partial charge in [0, 0.05) is 47.3 Å². The number of thioether (sulfide) groups is 1. The van der Waals surface area contributed by atoms with Crippen LogP contribution < -0.4 is 5.32 Å². The lowest BCUT2D eigenvalue weighted by Gasteiger charge is -2.36. The van der Waals surface area contributed by atoms with Crippen LogP contribution in [-0.2, 0) is 10.5 Å². The van der Waals surface area contributed by atoms with Crippen LogP contribution >= 0.6 is 23.1 Å². The maximum atomic E-state index is 12.6. The number of hydrogen-bond donors (Lipinski definition) is 1. The van der Waals surface area contributed by atoms with E-state index >= 15 is 0 Å². The van der Waals surface area contributed by atoms with Crippen molar-refractivity contribution >= 4 is 29.0 Å². The summed E-state index contributed by atoms with van der Waals surface area (Å²) < 4.78 is 5.45. The maximum absolute atomic E-state index is 12.6. The molecule has 5 nitrogen and oxygen atoms in total. The van der Waals surface area contributed by atoms with E-state index in [4.69, 9.17) is 4.74 Å². The van der Waals surface area contributed by atoms with Crippen LogP contribution in [0.2, 0.25) is 0 Å². The molecule has 1 aliphatic heterocycles. The quantitative estimate of drug-likeness (QED) is 0.659. The molecular weight excluding hydrogens is 390 g/mol. The number of rotatable bonds is 8. The van der Waals surface area contributed by atoms with E-state index < -0.39 is 0 Å². The predicted molar refractivity (Wildman–Crippen MR) is 116 cm³/mol. The van der Waals surface area contributed by atoms with E-state index in [0.717, 1.165) is 47.7 Å². The Bertz CT molecular complexity index is 755. The standard InChI is InChI=1S/C21H29N3O2S2/c1-15(2)20(24-8-10-26-11-9-24)12-22-21(25)17-4-6-19(7-5-17)28-14-18-13-27-16(3)23-18/h4-7,13,15,20H,8-12,14H2,1-3H3,(H,22,25)/t20-/m1/s1. The molecule has 0 spiro atoms. The molecule has 1 atom stereocenters. The second-order valence-electron chi connectivity index (χ2n) is 7.34. The average molecular weight is 420 g/mol. The highest BCUT2D eigenvalue weighted by Crippen LogP contribution is 2.24. The molecule has 28 heavy (non-hydrogen) atoms. The van der Waals surface area contributed by atoms with Crippen molar-refractivity contribution in [3.05, 3.63) is 45.9 Å². The number of ether oxygens (including phenoxy) is 1. The molecule has 1 fully saturated rings. The first-order valence-electron chi connectivity index (χ1n) is 9.77. The summed E-state index contributed by atoms with van der Waals surface area (Å²) in [6, 6.07) is 8.18. The van der Waals surface area contributed by atoms with E-state index in [-0.39, 0.29) is 5.91 Å². The average Bonchev–Trinajstić information content (AvgIpc) is 3.12. The van der Waals surface area contributed by atoms with Crippen LogP contribution in [0.5, 0.6) is 0 Å². The number of morpholine rings is 1. The van der Waals surface area contributed by atoms with Crippen molar-refractivity contribution < 1.29 is 9.53 Å². The number of amides is 1. The van der Waals surface area contributed by atoms with Gasteiger partial charge in [0.05, 0.1) is 23.9 Å². The zero-order valence-corrected chi connectivity index (χ0v) is 18.4. The summed E-state index contributed by atoms with van der Waals surface area (Å²) in [5.74, 6) is 1.32. The molecule has 0 bridgehead atoms. The van der Waals surface area contributed by atoms with Gasteiger partial charge in [0.15, 0.2) is 0 Å². The lowest BCUT2D eigenvalue weighted by atomic mass is 10.0. The molecule has 1 amide bonds. The van der Waals surface area contributed by atoms with Crippen molar-refractivity contribution in [1.82, 2.24) is 15.2 Å². The number of hydrogen-bond acceptors (Lipinski definition) is 6. The fourth-order valence-corrected chi connectivity index (χ4v) is 4.84. The smallest absolute Gasteiger partial charge is 0.251 e. The number of thiazole rings is 1. The SMILES string of the molecule is Cc1nc(CSc2ccc(C(=O)NC[C@H](C(C)C)N3CCOCC3)cc2)cs1. The van der Waals surface area contributed by atoms with Crippen LogP contribution in [0.25, 0.3) is 0 Å². The van der Waals surface area contributed by atoms with Crippen molar-refractivity contribution in [2.75, 3.05) is 32.8 Å². The van der Waals surface area contributed by atoms with Gasteiger partial charge in [0.1, 0.15) is 0 Å². The molecule has 1 saturated heterocycles. The van der Waals surface area contributed by atoms with Gasteiger partial charge in [-0.15, -0.1) is 23.1 Å². The first-order valence-corrected chi connectivity index (χ1v) is 11.6. The topological polar surface area (TPSA) is 54.5 Å². The summed E-state index contributed by atoms with van der Waals surface area (Å²) in [5.41, 5.74) is 1.82. The fourth-order valence-electron chi connectivity index (χ4n) is 3.33. The van der Waals surface area contributed by atoms with Crippen molar-refractivity contribution in [2.45, 2.75) is 37.5 Å². The molecule has 3 rings (SSSR count). The van der Waals surface area contributed by atoms with Crippen LogP contribution in [0.3, 0.4) is 0 Å². The lowest BCUT2D eigenvalue weighted by Crippen LogP contribution is -2.51.